The lowest BCUT2D eigenvalue weighted by molar-refractivity contribution is -0.143. The number of amides is 4. The van der Waals surface area contributed by atoms with Gasteiger partial charge in [0.05, 0.1) is 46.9 Å². The number of carbonyl (C=O) groups is 4. The van der Waals surface area contributed by atoms with Gasteiger partial charge in [-0.05, 0) is 99.6 Å². The number of benzene rings is 3. The number of likely N-dealkylation sites (tertiary alicyclic amines) is 1. The number of β-amino-alcohol motifs (C(OH)–C–C–N with tert-alkyl or cyclic N) is 1. The van der Waals surface area contributed by atoms with Gasteiger partial charge in [-0.25, -0.2) is 4.98 Å². The minimum absolute atomic E-state index is 0.0268. The molecular weight excluding hydrogens is 970 g/mol. The lowest BCUT2D eigenvalue weighted by atomic mass is 9.85. The average Bonchev–Trinajstić information content (AvgIpc) is 4.11. The van der Waals surface area contributed by atoms with Gasteiger partial charge in [0.25, 0.3) is 0 Å². The molecule has 2 aliphatic heterocycles. The summed E-state index contributed by atoms with van der Waals surface area (Å²) in [6.07, 6.45) is 1.74. The number of fused-ring (bicyclic) bond motifs is 3. The van der Waals surface area contributed by atoms with Crippen LogP contribution in [-0.4, -0.2) is 96.5 Å². The molecule has 5 heterocycles. The van der Waals surface area contributed by atoms with Crippen LogP contribution in [-0.2, 0) is 19.2 Å². The van der Waals surface area contributed by atoms with Gasteiger partial charge in [-0.15, -0.1) is 32.9 Å². The molecule has 0 spiro atoms. The maximum atomic E-state index is 14.3. The van der Waals surface area contributed by atoms with Crippen LogP contribution in [0.2, 0.25) is 5.02 Å². The van der Waals surface area contributed by atoms with Crippen LogP contribution < -0.4 is 20.7 Å². The second-order valence-electron chi connectivity index (χ2n) is 19.6. The van der Waals surface area contributed by atoms with Crippen molar-refractivity contribution < 1.29 is 29.0 Å². The van der Waals surface area contributed by atoms with E-state index in [1.54, 1.807) is 46.9 Å². The van der Waals surface area contributed by atoms with Crippen LogP contribution in [0.25, 0.3) is 21.5 Å². The normalized spacial score (nSPS) is 17.8. The number of thiazole rings is 1. The van der Waals surface area contributed by atoms with Crippen LogP contribution in [0.1, 0.15) is 110 Å². The number of halogens is 1. The first kappa shape index (κ1) is 51.8. The van der Waals surface area contributed by atoms with Crippen LogP contribution in [0, 0.1) is 33.1 Å². The Morgan fingerprint density at radius 2 is 1.68 bits per heavy atom. The fourth-order valence-corrected chi connectivity index (χ4v) is 11.1. The number of aromatic nitrogens is 4. The van der Waals surface area contributed by atoms with Gasteiger partial charge in [0.1, 0.15) is 40.8 Å². The predicted octanol–water partition coefficient (Wildman–Crippen LogP) is 8.59. The van der Waals surface area contributed by atoms with Crippen molar-refractivity contribution in [1.29, 1.82) is 0 Å². The number of nitrogens with one attached hydrogen (secondary N) is 3. The molecule has 6 atom stereocenters. The maximum Gasteiger partial charge on any atom is 0.246 e. The Balaban J connectivity index is 0.868. The highest BCUT2D eigenvalue weighted by Gasteiger charge is 2.45. The molecule has 0 aliphatic carbocycles. The molecule has 0 bridgehead atoms. The molecule has 72 heavy (non-hydrogen) atoms. The number of thiophene rings is 1. The van der Waals surface area contributed by atoms with E-state index in [-0.39, 0.29) is 43.8 Å². The number of carbonyl (C=O) groups excluding carboxylic acids is 4. The molecule has 3 aromatic carbocycles. The molecule has 15 nitrogen and oxygen atoms in total. The molecule has 0 unspecified atom stereocenters. The maximum absolute atomic E-state index is 14.3. The topological polar surface area (TPSA) is 193 Å². The van der Waals surface area contributed by atoms with E-state index in [1.165, 1.54) is 11.0 Å². The molecular formula is C54H60ClN9O6S2. The van der Waals surface area contributed by atoms with Crippen LogP contribution >= 0.6 is 34.3 Å². The third kappa shape index (κ3) is 11.5. The lowest BCUT2D eigenvalue weighted by Crippen LogP contribution is -2.57. The highest BCUT2D eigenvalue weighted by Crippen LogP contribution is 2.40. The van der Waals surface area contributed by atoms with E-state index >= 15 is 0 Å². The van der Waals surface area contributed by atoms with Crippen molar-refractivity contribution in [1.82, 2.24) is 40.6 Å². The zero-order valence-electron chi connectivity index (χ0n) is 41.8. The summed E-state index contributed by atoms with van der Waals surface area (Å²) in [4.78, 5) is 68.4. The second kappa shape index (κ2) is 21.7. The first-order chi connectivity index (χ1) is 34.2. The van der Waals surface area contributed by atoms with Crippen molar-refractivity contribution in [3.05, 3.63) is 139 Å². The Morgan fingerprint density at radius 3 is 2.38 bits per heavy atom. The molecule has 1 fully saturated rings. The van der Waals surface area contributed by atoms with E-state index in [1.807, 2.05) is 113 Å². The van der Waals surface area contributed by atoms with E-state index in [4.69, 9.17) is 21.3 Å². The van der Waals surface area contributed by atoms with Gasteiger partial charge in [-0.2, -0.15) is 0 Å². The number of aliphatic imine (C=N–C) groups is 1. The van der Waals surface area contributed by atoms with Gasteiger partial charge in [-0.1, -0.05) is 80.9 Å². The first-order valence-electron chi connectivity index (χ1n) is 23.9. The largest absolute Gasteiger partial charge is 0.489 e. The molecule has 4 amide bonds. The van der Waals surface area contributed by atoms with Gasteiger partial charge < -0.3 is 30.7 Å². The summed E-state index contributed by atoms with van der Waals surface area (Å²) in [6.45, 7) is 17.4. The van der Waals surface area contributed by atoms with Gasteiger partial charge in [-0.3, -0.25) is 28.7 Å². The van der Waals surface area contributed by atoms with E-state index in [2.05, 4.69) is 45.0 Å². The standard InChI is InChI=1S/C54H60ClN9O6S2/c1-29(26-56-45(67)25-42-50-62-61-34(6)64(50)53-46(30(2)33(5)72-53)47(59-42)37-18-20-39(55)21-19-37)70-41-12-10-11-35(23-41)13-22-44(66)60-49(54(7,8)9)52(69)63-27-40(65)24-43(63)51(68)58-31(3)36-14-16-38(17-15-36)48-32(4)57-28-71-48/h10-23,28-29,31,40,42-43,49,65H,24-27H2,1-9H3,(H,56,67)(H,58,68)(H,60,66)/b22-13+/t29-,31-,40+,42-,43-,49+/m0/s1. The van der Waals surface area contributed by atoms with E-state index in [9.17, 15) is 24.3 Å². The summed E-state index contributed by atoms with van der Waals surface area (Å²) >= 11 is 9.49. The number of nitrogens with zero attached hydrogens (tertiary/aromatic N) is 6. The number of hydrogen-bond acceptors (Lipinski definition) is 12. The first-order valence-corrected chi connectivity index (χ1v) is 26.0. The Morgan fingerprint density at radius 1 is 0.958 bits per heavy atom. The highest BCUT2D eigenvalue weighted by molar-refractivity contribution is 7.15. The van der Waals surface area contributed by atoms with E-state index < -0.39 is 47.6 Å². The molecule has 6 aromatic rings. The second-order valence-corrected chi connectivity index (χ2v) is 22.1. The number of aliphatic hydroxyl groups excluding tert-OH is 1. The monoisotopic (exact) mass is 1030 g/mol. The summed E-state index contributed by atoms with van der Waals surface area (Å²) in [5, 5.41) is 30.1. The molecule has 3 aromatic heterocycles. The molecule has 0 saturated carbocycles. The van der Waals surface area contributed by atoms with Gasteiger partial charge in [0.2, 0.25) is 23.6 Å². The number of aliphatic hydroxyl groups is 1. The van der Waals surface area contributed by atoms with Crippen molar-refractivity contribution >= 4 is 69.7 Å². The van der Waals surface area contributed by atoms with Crippen LogP contribution in [0.5, 0.6) is 5.75 Å². The quantitative estimate of drug-likeness (QED) is 0.0730. The summed E-state index contributed by atoms with van der Waals surface area (Å²) in [7, 11) is 0. The summed E-state index contributed by atoms with van der Waals surface area (Å²) < 4.78 is 8.22. The fraction of sp³-hybridized carbons (Fsp3) is 0.370. The Kier molecular flexibility index (Phi) is 15.6. The fourth-order valence-electron chi connectivity index (χ4n) is 8.98. The minimum Gasteiger partial charge on any atom is -0.489 e. The van der Waals surface area contributed by atoms with E-state index in [0.717, 1.165) is 54.0 Å². The van der Waals surface area contributed by atoms with Gasteiger partial charge in [0, 0.05) is 40.1 Å². The SMILES string of the molecule is Cc1ncsc1-c1ccc([C@H](C)NC(=O)[C@@H]2C[C@@H](O)CN2C(=O)[C@@H](NC(=O)/C=C/c2cccc(O[C@@H](C)CNC(=O)C[C@@H]3N=C(c4ccc(Cl)cc4)c4c(sc(C)c4C)-n4c(C)nnc43)c2)C(C)(C)C)cc1. The Hall–Kier alpha value is -6.53. The Labute approximate surface area is 432 Å². The van der Waals surface area contributed by atoms with Crippen molar-refractivity contribution in [3.8, 4) is 21.2 Å². The third-order valence-electron chi connectivity index (χ3n) is 13.0. The number of hydrogen-bond donors (Lipinski definition) is 4. The van der Waals surface area contributed by atoms with E-state index in [0.29, 0.717) is 28.0 Å². The summed E-state index contributed by atoms with van der Waals surface area (Å²) in [5.74, 6) is 0.234. The van der Waals surface area contributed by atoms with Crippen molar-refractivity contribution in [3.63, 3.8) is 0 Å². The van der Waals surface area contributed by atoms with Crippen molar-refractivity contribution in [2.75, 3.05) is 13.1 Å². The molecule has 376 valence electrons. The molecule has 8 rings (SSSR count). The lowest BCUT2D eigenvalue weighted by Gasteiger charge is -2.35. The van der Waals surface area contributed by atoms with Crippen molar-refractivity contribution in [2.24, 2.45) is 10.4 Å². The summed E-state index contributed by atoms with van der Waals surface area (Å²) in [5.41, 5.74) is 8.36. The number of ether oxygens (including phenoxy) is 1. The minimum atomic E-state index is -1.01. The Bertz CT molecular complexity index is 3050. The molecule has 4 N–H and O–H groups in total. The van der Waals surface area contributed by atoms with Gasteiger partial charge in [0.15, 0.2) is 5.82 Å². The third-order valence-corrected chi connectivity index (χ3v) is 15.4. The molecule has 2 aliphatic rings. The predicted molar refractivity (Wildman–Crippen MR) is 283 cm³/mol. The zero-order valence-corrected chi connectivity index (χ0v) is 44.2. The molecule has 0 radical (unpaired) electrons. The number of aryl methyl sites for hydroxylation is 3. The van der Waals surface area contributed by atoms with Crippen molar-refractivity contribution in [2.45, 2.75) is 112 Å². The zero-order chi connectivity index (χ0) is 51.6. The summed E-state index contributed by atoms with van der Waals surface area (Å²) in [6, 6.07) is 19.7. The van der Waals surface area contributed by atoms with Crippen LogP contribution in [0.4, 0.5) is 0 Å². The van der Waals surface area contributed by atoms with Gasteiger partial charge >= 0.3 is 0 Å². The number of rotatable bonds is 15. The molecule has 1 saturated heterocycles. The van der Waals surface area contributed by atoms with Crippen LogP contribution in [0.15, 0.2) is 89.4 Å². The highest BCUT2D eigenvalue weighted by atomic mass is 35.5. The smallest absolute Gasteiger partial charge is 0.246 e. The average molecular weight is 1030 g/mol. The van der Waals surface area contributed by atoms with Crippen LogP contribution in [0.3, 0.4) is 0 Å². The molecule has 18 heteroatoms.